The third kappa shape index (κ3) is 3.61. The standard InChI is InChI=1S/C18H28N2O2/c1-13(2)20-11-10-16(17(20)21)19-12-18(3,4)14-6-8-15(22-5)9-7-14/h6-9,13,16,19H,10-12H2,1-5H3/t16-/m1/s1. The van der Waals surface area contributed by atoms with E-state index in [0.717, 1.165) is 25.3 Å². The third-order valence-electron chi connectivity index (χ3n) is 4.53. The summed E-state index contributed by atoms with van der Waals surface area (Å²) >= 11 is 0. The predicted molar refractivity (Wildman–Crippen MR) is 89.3 cm³/mol. The van der Waals surface area contributed by atoms with Crippen molar-refractivity contribution in [1.82, 2.24) is 10.2 Å². The Balaban J connectivity index is 1.96. The van der Waals surface area contributed by atoms with Gasteiger partial charge in [0.1, 0.15) is 5.75 Å². The average Bonchev–Trinajstić information content (AvgIpc) is 2.86. The van der Waals surface area contributed by atoms with Gasteiger partial charge in [-0.1, -0.05) is 26.0 Å². The van der Waals surface area contributed by atoms with Gasteiger partial charge in [0.15, 0.2) is 0 Å². The van der Waals surface area contributed by atoms with Crippen LogP contribution in [-0.2, 0) is 10.2 Å². The van der Waals surface area contributed by atoms with E-state index in [4.69, 9.17) is 4.74 Å². The summed E-state index contributed by atoms with van der Waals surface area (Å²) in [5.74, 6) is 1.10. The fraction of sp³-hybridized carbons (Fsp3) is 0.611. The lowest BCUT2D eigenvalue weighted by atomic mass is 9.84. The van der Waals surface area contributed by atoms with Crippen molar-refractivity contribution in [1.29, 1.82) is 0 Å². The quantitative estimate of drug-likeness (QED) is 0.878. The van der Waals surface area contributed by atoms with Crippen LogP contribution in [0.15, 0.2) is 24.3 Å². The summed E-state index contributed by atoms with van der Waals surface area (Å²) in [6.45, 7) is 10.2. The van der Waals surface area contributed by atoms with Crippen molar-refractivity contribution >= 4 is 5.91 Å². The molecule has 1 aliphatic rings. The average molecular weight is 304 g/mol. The predicted octanol–water partition coefficient (Wildman–Crippen LogP) is 2.57. The number of carbonyl (C=O) groups excluding carboxylic acids is 1. The van der Waals surface area contributed by atoms with E-state index in [-0.39, 0.29) is 23.4 Å². The molecule has 4 heteroatoms. The number of nitrogens with zero attached hydrogens (tertiary/aromatic N) is 1. The van der Waals surface area contributed by atoms with Crippen molar-refractivity contribution in [2.45, 2.75) is 51.6 Å². The summed E-state index contributed by atoms with van der Waals surface area (Å²) in [5, 5.41) is 3.46. The first kappa shape index (κ1) is 16.8. The second-order valence-electron chi connectivity index (χ2n) is 6.96. The van der Waals surface area contributed by atoms with E-state index < -0.39 is 0 Å². The second kappa shape index (κ2) is 6.69. The molecule has 1 fully saturated rings. The maximum Gasteiger partial charge on any atom is 0.240 e. The number of rotatable bonds is 6. The minimum Gasteiger partial charge on any atom is -0.497 e. The number of methoxy groups -OCH3 is 1. The van der Waals surface area contributed by atoms with Gasteiger partial charge in [0, 0.05) is 24.5 Å². The van der Waals surface area contributed by atoms with Crippen LogP contribution in [0.4, 0.5) is 0 Å². The number of hydrogen-bond acceptors (Lipinski definition) is 3. The molecular formula is C18H28N2O2. The Morgan fingerprint density at radius 3 is 2.45 bits per heavy atom. The van der Waals surface area contributed by atoms with Crippen molar-refractivity contribution in [2.75, 3.05) is 20.2 Å². The first-order valence-electron chi connectivity index (χ1n) is 8.03. The molecule has 1 saturated heterocycles. The topological polar surface area (TPSA) is 41.6 Å². The van der Waals surface area contributed by atoms with Gasteiger partial charge in [0.2, 0.25) is 5.91 Å². The zero-order valence-electron chi connectivity index (χ0n) is 14.3. The fourth-order valence-corrected chi connectivity index (χ4v) is 2.93. The van der Waals surface area contributed by atoms with E-state index in [2.05, 4.69) is 45.1 Å². The molecule has 22 heavy (non-hydrogen) atoms. The van der Waals surface area contributed by atoms with Gasteiger partial charge in [-0.05, 0) is 38.0 Å². The van der Waals surface area contributed by atoms with Crippen LogP contribution >= 0.6 is 0 Å². The van der Waals surface area contributed by atoms with Gasteiger partial charge in [-0.25, -0.2) is 0 Å². The highest BCUT2D eigenvalue weighted by Crippen LogP contribution is 2.25. The molecule has 0 unspecified atom stereocenters. The van der Waals surface area contributed by atoms with Gasteiger partial charge < -0.3 is 15.0 Å². The molecule has 0 aromatic heterocycles. The molecule has 0 aliphatic carbocycles. The fourth-order valence-electron chi connectivity index (χ4n) is 2.93. The van der Waals surface area contributed by atoms with E-state index >= 15 is 0 Å². The highest BCUT2D eigenvalue weighted by Gasteiger charge is 2.34. The number of benzene rings is 1. The number of carbonyl (C=O) groups is 1. The maximum absolute atomic E-state index is 12.3. The monoisotopic (exact) mass is 304 g/mol. The molecular weight excluding hydrogens is 276 g/mol. The maximum atomic E-state index is 12.3. The number of amides is 1. The Bertz CT molecular complexity index is 508. The van der Waals surface area contributed by atoms with Gasteiger partial charge in [0.25, 0.3) is 0 Å². The molecule has 1 aliphatic heterocycles. The van der Waals surface area contributed by atoms with Crippen molar-refractivity contribution in [3.05, 3.63) is 29.8 Å². The van der Waals surface area contributed by atoms with Gasteiger partial charge in [-0.3, -0.25) is 4.79 Å². The third-order valence-corrected chi connectivity index (χ3v) is 4.53. The van der Waals surface area contributed by atoms with Gasteiger partial charge in [0.05, 0.1) is 13.2 Å². The molecule has 0 saturated carbocycles. The number of hydrogen-bond donors (Lipinski definition) is 1. The summed E-state index contributed by atoms with van der Waals surface area (Å²) < 4.78 is 5.21. The zero-order valence-corrected chi connectivity index (χ0v) is 14.3. The first-order valence-corrected chi connectivity index (χ1v) is 8.03. The Kier molecular flexibility index (Phi) is 5.12. The smallest absolute Gasteiger partial charge is 0.240 e. The minimum absolute atomic E-state index is 0.0300. The SMILES string of the molecule is COc1ccc(C(C)(C)CN[C@@H]2CCN(C(C)C)C2=O)cc1. The highest BCUT2D eigenvalue weighted by molar-refractivity contribution is 5.84. The Labute approximate surface area is 133 Å². The Morgan fingerprint density at radius 2 is 1.95 bits per heavy atom. The summed E-state index contributed by atoms with van der Waals surface area (Å²) in [7, 11) is 1.67. The molecule has 0 spiro atoms. The van der Waals surface area contributed by atoms with Gasteiger partial charge >= 0.3 is 0 Å². The largest absolute Gasteiger partial charge is 0.497 e. The molecule has 0 radical (unpaired) electrons. The molecule has 0 bridgehead atoms. The minimum atomic E-state index is -0.0417. The number of likely N-dealkylation sites (tertiary alicyclic amines) is 1. The van der Waals surface area contributed by atoms with Gasteiger partial charge in [-0.2, -0.15) is 0 Å². The molecule has 122 valence electrons. The van der Waals surface area contributed by atoms with Crippen molar-refractivity contribution in [3.63, 3.8) is 0 Å². The summed E-state index contributed by atoms with van der Waals surface area (Å²) in [4.78, 5) is 14.3. The van der Waals surface area contributed by atoms with Crippen molar-refractivity contribution in [2.24, 2.45) is 0 Å². The van der Waals surface area contributed by atoms with Crippen molar-refractivity contribution < 1.29 is 9.53 Å². The van der Waals surface area contributed by atoms with Crippen LogP contribution in [0.1, 0.15) is 39.7 Å². The Morgan fingerprint density at radius 1 is 1.32 bits per heavy atom. The molecule has 1 aromatic carbocycles. The highest BCUT2D eigenvalue weighted by atomic mass is 16.5. The zero-order chi connectivity index (χ0) is 16.3. The Hall–Kier alpha value is -1.55. The summed E-state index contributed by atoms with van der Waals surface area (Å²) in [5.41, 5.74) is 1.21. The molecule has 1 aromatic rings. The van der Waals surface area contributed by atoms with E-state index in [1.165, 1.54) is 5.56 Å². The first-order chi connectivity index (χ1) is 10.3. The van der Waals surface area contributed by atoms with Crippen LogP contribution in [0.5, 0.6) is 5.75 Å². The lowest BCUT2D eigenvalue weighted by Gasteiger charge is -2.28. The van der Waals surface area contributed by atoms with Crippen LogP contribution in [0.2, 0.25) is 0 Å². The van der Waals surface area contributed by atoms with Crippen LogP contribution in [0.3, 0.4) is 0 Å². The van der Waals surface area contributed by atoms with Crippen LogP contribution < -0.4 is 10.1 Å². The lowest BCUT2D eigenvalue weighted by Crippen LogP contribution is -2.44. The molecule has 1 amide bonds. The molecule has 1 heterocycles. The van der Waals surface area contributed by atoms with Crippen LogP contribution in [-0.4, -0.2) is 43.1 Å². The molecule has 4 nitrogen and oxygen atoms in total. The molecule has 1 atom stereocenters. The van der Waals surface area contributed by atoms with E-state index in [1.807, 2.05) is 17.0 Å². The molecule has 2 rings (SSSR count). The summed E-state index contributed by atoms with van der Waals surface area (Å²) in [6.07, 6.45) is 0.899. The summed E-state index contributed by atoms with van der Waals surface area (Å²) in [6, 6.07) is 8.40. The van der Waals surface area contributed by atoms with Crippen LogP contribution in [0.25, 0.3) is 0 Å². The van der Waals surface area contributed by atoms with Gasteiger partial charge in [-0.15, -0.1) is 0 Å². The normalized spacial score (nSPS) is 19.1. The molecule has 1 N–H and O–H groups in total. The van der Waals surface area contributed by atoms with E-state index in [0.29, 0.717) is 0 Å². The van der Waals surface area contributed by atoms with Crippen LogP contribution in [0, 0.1) is 0 Å². The van der Waals surface area contributed by atoms with E-state index in [9.17, 15) is 4.79 Å². The van der Waals surface area contributed by atoms with E-state index in [1.54, 1.807) is 7.11 Å². The number of ether oxygens (including phenoxy) is 1. The second-order valence-corrected chi connectivity index (χ2v) is 6.96. The number of nitrogens with one attached hydrogen (secondary N) is 1. The lowest BCUT2D eigenvalue weighted by molar-refractivity contribution is -0.130. The van der Waals surface area contributed by atoms with Crippen molar-refractivity contribution in [3.8, 4) is 5.75 Å².